The summed E-state index contributed by atoms with van der Waals surface area (Å²) in [6, 6.07) is 0. The lowest BCUT2D eigenvalue weighted by Gasteiger charge is -2.16. The highest BCUT2D eigenvalue weighted by Crippen LogP contribution is 2.12. The molecule has 0 aliphatic rings. The van der Waals surface area contributed by atoms with E-state index in [1.54, 1.807) is 7.05 Å². The van der Waals surface area contributed by atoms with Crippen LogP contribution in [0.5, 0.6) is 0 Å². The number of unbranched alkanes of at least 4 members (excludes halogenated alkanes) is 15. The summed E-state index contributed by atoms with van der Waals surface area (Å²) in [7, 11) is -2.42. The molecule has 0 spiro atoms. The number of carbonyl (C=O) groups is 1. The molecule has 0 unspecified atom stereocenters. The van der Waals surface area contributed by atoms with Crippen molar-refractivity contribution in [1.82, 2.24) is 4.90 Å². The maximum Gasteiger partial charge on any atom is 0.266 e. The molecule has 0 rings (SSSR count). The fourth-order valence-corrected chi connectivity index (χ4v) is 4.13. The third-order valence-corrected chi connectivity index (χ3v) is 6.46. The van der Waals surface area contributed by atoms with E-state index in [0.717, 1.165) is 19.3 Å². The molecule has 0 aliphatic carbocycles. The number of amides is 1. The van der Waals surface area contributed by atoms with Crippen molar-refractivity contribution in [2.24, 2.45) is 0 Å². The smallest absolute Gasteiger partial charge is 0.266 e. The lowest BCUT2D eigenvalue weighted by molar-refractivity contribution is -0.129. The first-order valence-electron chi connectivity index (χ1n) is 12.7. The Kier molecular flexibility index (Phi) is 20.4. The van der Waals surface area contributed by atoms with Gasteiger partial charge >= 0.3 is 0 Å². The number of allylic oxidation sites excluding steroid dienone is 2. The van der Waals surface area contributed by atoms with Crippen molar-refractivity contribution in [3.05, 3.63) is 12.2 Å². The van der Waals surface area contributed by atoms with E-state index in [0.29, 0.717) is 6.42 Å². The van der Waals surface area contributed by atoms with E-state index >= 15 is 0 Å². The van der Waals surface area contributed by atoms with E-state index in [-0.39, 0.29) is 12.5 Å². The van der Waals surface area contributed by atoms with Crippen LogP contribution >= 0.6 is 0 Å². The van der Waals surface area contributed by atoms with Crippen LogP contribution in [0.2, 0.25) is 0 Å². The lowest BCUT2D eigenvalue weighted by atomic mass is 10.1. The van der Waals surface area contributed by atoms with Crippen LogP contribution in [0.3, 0.4) is 0 Å². The van der Waals surface area contributed by atoms with Gasteiger partial charge in [0.15, 0.2) is 0 Å². The Bertz CT molecular complexity index is 546. The van der Waals surface area contributed by atoms with Crippen molar-refractivity contribution in [1.29, 1.82) is 0 Å². The molecule has 0 saturated carbocycles. The minimum Gasteiger partial charge on any atom is -0.345 e. The first-order valence-corrected chi connectivity index (χ1v) is 14.3. The summed E-state index contributed by atoms with van der Waals surface area (Å²) in [6.07, 6.45) is 26.7. The number of rotatable bonds is 22. The summed E-state index contributed by atoms with van der Waals surface area (Å²) >= 11 is 0. The first kappa shape index (κ1) is 30.1. The summed E-state index contributed by atoms with van der Waals surface area (Å²) in [5.74, 6) is -0.449. The monoisotopic (exact) mass is 459 g/mol. The van der Waals surface area contributed by atoms with E-state index in [1.165, 1.54) is 94.8 Å². The molecule has 1 N–H and O–H groups in total. The molecule has 0 atom stereocenters. The maximum absolute atomic E-state index is 11.9. The van der Waals surface area contributed by atoms with Gasteiger partial charge in [-0.15, -0.1) is 0 Å². The van der Waals surface area contributed by atoms with Crippen molar-refractivity contribution in [2.75, 3.05) is 19.3 Å². The number of hydrogen-bond acceptors (Lipinski definition) is 3. The molecule has 5 nitrogen and oxygen atoms in total. The third-order valence-electron chi connectivity index (χ3n) is 5.76. The predicted molar refractivity (Wildman–Crippen MR) is 132 cm³/mol. The van der Waals surface area contributed by atoms with Gasteiger partial charge < -0.3 is 4.90 Å². The van der Waals surface area contributed by atoms with E-state index in [2.05, 4.69) is 19.1 Å². The highest BCUT2D eigenvalue weighted by Gasteiger charge is 2.12. The Balaban J connectivity index is 3.32. The van der Waals surface area contributed by atoms with E-state index < -0.39 is 15.9 Å². The highest BCUT2D eigenvalue weighted by molar-refractivity contribution is 7.85. The Morgan fingerprint density at radius 3 is 1.61 bits per heavy atom. The fourth-order valence-electron chi connectivity index (χ4n) is 3.62. The molecule has 0 aromatic carbocycles. The number of hydrogen-bond donors (Lipinski definition) is 1. The molecule has 6 heteroatoms. The number of carbonyl (C=O) groups excluding carboxylic acids is 1. The Morgan fingerprint density at radius 1 is 0.742 bits per heavy atom. The standard InChI is InChI=1S/C25H49NO4S/c1-3-4-5-6-7-8-9-10-11-12-13-14-15-16-17-18-19-20-21-22-25(27)26(2)23-24-31(28,29)30/h10-11H,3-9,12-24H2,1-2H3,(H,28,29,30)/b11-10+. The topological polar surface area (TPSA) is 74.7 Å². The zero-order valence-electron chi connectivity index (χ0n) is 20.3. The molecule has 0 fully saturated rings. The van der Waals surface area contributed by atoms with Crippen molar-refractivity contribution in [3.8, 4) is 0 Å². The van der Waals surface area contributed by atoms with Gasteiger partial charge in [0.25, 0.3) is 10.1 Å². The van der Waals surface area contributed by atoms with Gasteiger partial charge in [-0.05, 0) is 32.1 Å². The lowest BCUT2D eigenvalue weighted by Crippen LogP contribution is -2.31. The van der Waals surface area contributed by atoms with Crippen molar-refractivity contribution in [2.45, 2.75) is 122 Å². The summed E-state index contributed by atoms with van der Waals surface area (Å²) in [5.41, 5.74) is 0. The van der Waals surface area contributed by atoms with Crippen molar-refractivity contribution in [3.63, 3.8) is 0 Å². The molecular weight excluding hydrogens is 410 g/mol. The van der Waals surface area contributed by atoms with Gasteiger partial charge in [0.05, 0.1) is 5.75 Å². The molecule has 31 heavy (non-hydrogen) atoms. The van der Waals surface area contributed by atoms with Crippen LogP contribution in [-0.2, 0) is 14.9 Å². The minimum absolute atomic E-state index is 0.0482. The molecular formula is C25H49NO4S. The van der Waals surface area contributed by atoms with Crippen LogP contribution < -0.4 is 0 Å². The maximum atomic E-state index is 11.9. The zero-order chi connectivity index (χ0) is 23.2. The SMILES string of the molecule is CCCCCCCC/C=C/CCCCCCCCCCCC(=O)N(C)CCS(=O)(=O)O. The van der Waals surface area contributed by atoms with Crippen molar-refractivity contribution < 1.29 is 17.8 Å². The van der Waals surface area contributed by atoms with Gasteiger partial charge in [0, 0.05) is 20.0 Å². The zero-order valence-corrected chi connectivity index (χ0v) is 21.1. The van der Waals surface area contributed by atoms with Crippen LogP contribution in [0.4, 0.5) is 0 Å². The molecule has 0 heterocycles. The molecule has 0 aromatic heterocycles. The van der Waals surface area contributed by atoms with Crippen LogP contribution in [-0.4, -0.2) is 43.1 Å². The van der Waals surface area contributed by atoms with Gasteiger partial charge in [-0.1, -0.05) is 96.1 Å². The predicted octanol–water partition coefficient (Wildman–Crippen LogP) is 6.93. The Labute approximate surface area is 192 Å². The average Bonchev–Trinajstić information content (AvgIpc) is 2.72. The first-order chi connectivity index (χ1) is 14.9. The quantitative estimate of drug-likeness (QED) is 0.108. The van der Waals surface area contributed by atoms with Gasteiger partial charge in [-0.3, -0.25) is 9.35 Å². The van der Waals surface area contributed by atoms with Crippen LogP contribution in [0.15, 0.2) is 12.2 Å². The molecule has 0 aromatic rings. The molecule has 1 amide bonds. The van der Waals surface area contributed by atoms with Gasteiger partial charge in [-0.2, -0.15) is 8.42 Å². The summed E-state index contributed by atoms with van der Waals surface area (Å²) in [5, 5.41) is 0. The Morgan fingerprint density at radius 2 is 1.16 bits per heavy atom. The Hall–Kier alpha value is -0.880. The van der Waals surface area contributed by atoms with E-state index in [1.807, 2.05) is 0 Å². The molecule has 0 radical (unpaired) electrons. The van der Waals surface area contributed by atoms with Crippen LogP contribution in [0, 0.1) is 0 Å². The van der Waals surface area contributed by atoms with Gasteiger partial charge in [0.1, 0.15) is 0 Å². The second kappa shape index (κ2) is 21.0. The molecule has 0 saturated heterocycles. The summed E-state index contributed by atoms with van der Waals surface area (Å²) in [4.78, 5) is 13.3. The normalized spacial score (nSPS) is 12.0. The molecule has 0 aliphatic heterocycles. The van der Waals surface area contributed by atoms with E-state index in [4.69, 9.17) is 4.55 Å². The minimum atomic E-state index is -4.00. The molecule has 0 bridgehead atoms. The van der Waals surface area contributed by atoms with Gasteiger partial charge in [0.2, 0.25) is 5.91 Å². The van der Waals surface area contributed by atoms with Crippen molar-refractivity contribution >= 4 is 16.0 Å². The second-order valence-corrected chi connectivity index (χ2v) is 10.4. The number of nitrogens with zero attached hydrogens (tertiary/aromatic N) is 1. The van der Waals surface area contributed by atoms with Gasteiger partial charge in [-0.25, -0.2) is 0 Å². The average molecular weight is 460 g/mol. The summed E-state index contributed by atoms with van der Waals surface area (Å²) < 4.78 is 30.2. The fraction of sp³-hybridized carbons (Fsp3) is 0.880. The van der Waals surface area contributed by atoms with Crippen LogP contribution in [0.1, 0.15) is 122 Å². The second-order valence-electron chi connectivity index (χ2n) is 8.85. The largest absolute Gasteiger partial charge is 0.345 e. The molecule has 184 valence electrons. The summed E-state index contributed by atoms with van der Waals surface area (Å²) in [6.45, 7) is 2.31. The van der Waals surface area contributed by atoms with Crippen LogP contribution in [0.25, 0.3) is 0 Å². The third kappa shape index (κ3) is 23.6. The highest BCUT2D eigenvalue weighted by atomic mass is 32.2. The van der Waals surface area contributed by atoms with E-state index in [9.17, 15) is 13.2 Å².